The number of hydrogen-bond acceptors (Lipinski definition) is 6. The number of carbonyl (C=O) groups is 5. The van der Waals surface area contributed by atoms with Crippen LogP contribution in [0, 0.1) is 11.8 Å². The van der Waals surface area contributed by atoms with Crippen molar-refractivity contribution >= 4 is 64.1 Å². The van der Waals surface area contributed by atoms with Crippen molar-refractivity contribution < 1.29 is 28.7 Å². The van der Waals surface area contributed by atoms with Crippen LogP contribution < -0.4 is 10.2 Å². The zero-order valence-electron chi connectivity index (χ0n) is 18.7. The standard InChI is InChI=1S/C25H22Cl2N2O6/c1-13(30)14-5-7-16(8-6-14)28-22(31)12-35-25(34)15-3-2-4-17(9-15)29-23(32)18-10-20(26)21(27)11-19(18)24(29)33/h2-9,18-21H,10-12H2,1H3,(H,28,31)/t18-,19-,20+,21+/m1/s1. The third-order valence-electron chi connectivity index (χ3n) is 6.16. The third-order valence-corrected chi connectivity index (χ3v) is 7.25. The molecule has 1 aliphatic carbocycles. The lowest BCUT2D eigenvalue weighted by atomic mass is 9.80. The van der Waals surface area contributed by atoms with Crippen LogP contribution in [0.4, 0.5) is 11.4 Å². The Hall–Kier alpha value is -3.23. The van der Waals surface area contributed by atoms with E-state index in [1.807, 2.05) is 0 Å². The molecule has 1 saturated heterocycles. The zero-order chi connectivity index (χ0) is 25.3. The number of Topliss-reactive ketones (excluding diaryl/α,β-unsaturated/α-hetero) is 1. The molecule has 2 fully saturated rings. The van der Waals surface area contributed by atoms with Gasteiger partial charge in [-0.1, -0.05) is 6.07 Å². The summed E-state index contributed by atoms with van der Waals surface area (Å²) in [5, 5.41) is 1.78. The van der Waals surface area contributed by atoms with Gasteiger partial charge in [0.2, 0.25) is 11.8 Å². The normalized spacial score (nSPS) is 23.6. The monoisotopic (exact) mass is 516 g/mol. The van der Waals surface area contributed by atoms with Gasteiger partial charge in [0.1, 0.15) is 0 Å². The van der Waals surface area contributed by atoms with E-state index in [0.717, 1.165) is 4.90 Å². The Morgan fingerprint density at radius 2 is 1.54 bits per heavy atom. The summed E-state index contributed by atoms with van der Waals surface area (Å²) in [6.45, 7) is 0.895. The minimum atomic E-state index is -0.785. The van der Waals surface area contributed by atoms with Crippen molar-refractivity contribution in [1.82, 2.24) is 0 Å². The summed E-state index contributed by atoms with van der Waals surface area (Å²) in [5.41, 5.74) is 1.29. The Kier molecular flexibility index (Phi) is 7.23. The molecule has 10 heteroatoms. The molecule has 8 nitrogen and oxygen atoms in total. The fraction of sp³-hybridized carbons (Fsp3) is 0.320. The molecule has 1 saturated carbocycles. The van der Waals surface area contributed by atoms with Crippen LogP contribution in [-0.2, 0) is 19.1 Å². The Balaban J connectivity index is 1.39. The number of alkyl halides is 2. The molecule has 2 aromatic carbocycles. The van der Waals surface area contributed by atoms with Crippen LogP contribution in [0.5, 0.6) is 0 Å². The molecule has 1 N–H and O–H groups in total. The van der Waals surface area contributed by atoms with Gasteiger partial charge in [0.15, 0.2) is 12.4 Å². The fourth-order valence-corrected chi connectivity index (χ4v) is 4.91. The maximum atomic E-state index is 12.9. The summed E-state index contributed by atoms with van der Waals surface area (Å²) in [6, 6.07) is 12.2. The molecule has 182 valence electrons. The first-order valence-electron chi connectivity index (χ1n) is 11.0. The lowest BCUT2D eigenvalue weighted by molar-refractivity contribution is -0.122. The minimum Gasteiger partial charge on any atom is -0.452 e. The topological polar surface area (TPSA) is 110 Å². The SMILES string of the molecule is CC(=O)c1ccc(NC(=O)COC(=O)c2cccc(N3C(=O)[C@@H]4C[C@H](Cl)[C@@H](Cl)C[C@H]4C3=O)c2)cc1. The molecule has 0 spiro atoms. The van der Waals surface area contributed by atoms with Gasteiger partial charge in [-0.3, -0.25) is 24.1 Å². The number of ketones is 1. The number of esters is 1. The van der Waals surface area contributed by atoms with E-state index in [0.29, 0.717) is 24.1 Å². The number of ether oxygens (including phenoxy) is 1. The summed E-state index contributed by atoms with van der Waals surface area (Å²) >= 11 is 12.4. The molecule has 2 aliphatic rings. The largest absolute Gasteiger partial charge is 0.452 e. The van der Waals surface area contributed by atoms with Crippen molar-refractivity contribution in [3.05, 3.63) is 59.7 Å². The van der Waals surface area contributed by atoms with Crippen LogP contribution >= 0.6 is 23.2 Å². The number of hydrogen-bond donors (Lipinski definition) is 1. The van der Waals surface area contributed by atoms with E-state index < -0.39 is 41.1 Å². The van der Waals surface area contributed by atoms with Gasteiger partial charge in [-0.05, 0) is 62.2 Å². The van der Waals surface area contributed by atoms with Gasteiger partial charge < -0.3 is 10.1 Å². The van der Waals surface area contributed by atoms with E-state index in [-0.39, 0.29) is 28.8 Å². The number of anilines is 2. The van der Waals surface area contributed by atoms with Crippen molar-refractivity contribution in [1.29, 1.82) is 0 Å². The molecule has 0 unspecified atom stereocenters. The van der Waals surface area contributed by atoms with E-state index in [9.17, 15) is 24.0 Å². The van der Waals surface area contributed by atoms with Crippen LogP contribution in [0.1, 0.15) is 40.5 Å². The lowest BCUT2D eigenvalue weighted by Crippen LogP contribution is -2.34. The Morgan fingerprint density at radius 1 is 0.943 bits per heavy atom. The first kappa shape index (κ1) is 24.9. The summed E-state index contributed by atoms with van der Waals surface area (Å²) in [7, 11) is 0. The van der Waals surface area contributed by atoms with Gasteiger partial charge in [0.25, 0.3) is 5.91 Å². The highest BCUT2D eigenvalue weighted by Crippen LogP contribution is 2.43. The Morgan fingerprint density at radius 3 is 2.11 bits per heavy atom. The number of halogens is 2. The van der Waals surface area contributed by atoms with Crippen molar-refractivity contribution in [2.24, 2.45) is 11.8 Å². The van der Waals surface area contributed by atoms with Crippen molar-refractivity contribution in [3.63, 3.8) is 0 Å². The maximum absolute atomic E-state index is 12.9. The van der Waals surface area contributed by atoms with Crippen molar-refractivity contribution in [3.8, 4) is 0 Å². The molecule has 2 aromatic rings. The number of amides is 3. The molecule has 4 atom stereocenters. The molecule has 0 bridgehead atoms. The molecule has 4 rings (SSSR count). The maximum Gasteiger partial charge on any atom is 0.338 e. The second-order valence-corrected chi connectivity index (χ2v) is 9.66. The van der Waals surface area contributed by atoms with E-state index in [2.05, 4.69) is 5.32 Å². The van der Waals surface area contributed by atoms with Gasteiger partial charge in [0.05, 0.1) is 33.8 Å². The first-order valence-corrected chi connectivity index (χ1v) is 11.9. The number of nitrogens with zero attached hydrogens (tertiary/aromatic N) is 1. The Labute approximate surface area is 211 Å². The summed E-state index contributed by atoms with van der Waals surface area (Å²) in [4.78, 5) is 63.0. The molecule has 3 amide bonds. The molecule has 1 heterocycles. The molecule has 1 aliphatic heterocycles. The molecular formula is C25H22Cl2N2O6. The average Bonchev–Trinajstić information content (AvgIpc) is 3.07. The summed E-state index contributed by atoms with van der Waals surface area (Å²) < 4.78 is 5.09. The van der Waals surface area contributed by atoms with Crippen molar-refractivity contribution in [2.45, 2.75) is 30.5 Å². The highest BCUT2D eigenvalue weighted by molar-refractivity contribution is 6.31. The van der Waals surface area contributed by atoms with Crippen LogP contribution in [-0.4, -0.2) is 46.8 Å². The lowest BCUT2D eigenvalue weighted by Gasteiger charge is -2.28. The Bertz CT molecular complexity index is 1170. The molecule has 35 heavy (non-hydrogen) atoms. The number of imide groups is 1. The van der Waals surface area contributed by atoms with Crippen molar-refractivity contribution in [2.75, 3.05) is 16.8 Å². The second kappa shape index (κ2) is 10.2. The van der Waals surface area contributed by atoms with Gasteiger partial charge in [-0.2, -0.15) is 0 Å². The highest BCUT2D eigenvalue weighted by atomic mass is 35.5. The summed E-state index contributed by atoms with van der Waals surface area (Å²) in [6.07, 6.45) is 0.631. The highest BCUT2D eigenvalue weighted by Gasteiger charge is 2.52. The van der Waals surface area contributed by atoms with Gasteiger partial charge >= 0.3 is 5.97 Å². The molecular weight excluding hydrogens is 495 g/mol. The smallest absolute Gasteiger partial charge is 0.338 e. The quantitative estimate of drug-likeness (QED) is 0.270. The van der Waals surface area contributed by atoms with Crippen LogP contribution in [0.15, 0.2) is 48.5 Å². The number of fused-ring (bicyclic) bond motifs is 1. The third kappa shape index (κ3) is 5.23. The predicted molar refractivity (Wildman–Crippen MR) is 130 cm³/mol. The van der Waals surface area contributed by atoms with E-state index in [1.54, 1.807) is 30.3 Å². The fourth-order valence-electron chi connectivity index (χ4n) is 4.32. The van der Waals surface area contributed by atoms with E-state index in [1.165, 1.54) is 25.1 Å². The minimum absolute atomic E-state index is 0.0852. The van der Waals surface area contributed by atoms with E-state index >= 15 is 0 Å². The molecule has 0 aromatic heterocycles. The van der Waals surface area contributed by atoms with Gasteiger partial charge in [-0.25, -0.2) is 4.79 Å². The van der Waals surface area contributed by atoms with Crippen LogP contribution in [0.2, 0.25) is 0 Å². The zero-order valence-corrected chi connectivity index (χ0v) is 20.2. The predicted octanol–water partition coefficient (Wildman–Crippen LogP) is 3.80. The number of nitrogens with one attached hydrogen (secondary N) is 1. The number of benzene rings is 2. The van der Waals surface area contributed by atoms with Crippen LogP contribution in [0.3, 0.4) is 0 Å². The van der Waals surface area contributed by atoms with E-state index in [4.69, 9.17) is 27.9 Å². The summed E-state index contributed by atoms with van der Waals surface area (Å²) in [5.74, 6) is -3.25. The average molecular weight is 517 g/mol. The second-order valence-electron chi connectivity index (χ2n) is 8.54. The van der Waals surface area contributed by atoms with Gasteiger partial charge in [0, 0.05) is 11.3 Å². The molecule has 0 radical (unpaired) electrons. The first-order chi connectivity index (χ1) is 16.7. The number of carbonyl (C=O) groups excluding carboxylic acids is 5. The van der Waals surface area contributed by atoms with Crippen LogP contribution in [0.25, 0.3) is 0 Å². The van der Waals surface area contributed by atoms with Gasteiger partial charge in [-0.15, -0.1) is 23.2 Å². The number of rotatable bonds is 6.